The van der Waals surface area contributed by atoms with E-state index in [1.807, 2.05) is 0 Å². The highest BCUT2D eigenvalue weighted by Crippen LogP contribution is 1.78. The standard InChI is InChI=1S/C4H10O.C3H6O.H3N/c1-2-3-4-5;1-3(2)4;/h5H,2-4H2,1H3;1-2H3;1H3. The van der Waals surface area contributed by atoms with Crippen LogP contribution in [0.5, 0.6) is 0 Å². The van der Waals surface area contributed by atoms with E-state index in [0.717, 1.165) is 12.8 Å². The van der Waals surface area contributed by atoms with E-state index >= 15 is 0 Å². The Morgan fingerprint density at radius 2 is 1.70 bits per heavy atom. The van der Waals surface area contributed by atoms with Crippen LogP contribution < -0.4 is 6.15 Å². The third-order valence-electron chi connectivity index (χ3n) is 0.512. The summed E-state index contributed by atoms with van der Waals surface area (Å²) in [4.78, 5) is 9.44. The Hall–Kier alpha value is -0.410. The summed E-state index contributed by atoms with van der Waals surface area (Å²) in [6.07, 6.45) is 2.04. The summed E-state index contributed by atoms with van der Waals surface area (Å²) >= 11 is 0. The van der Waals surface area contributed by atoms with Crippen LogP contribution in [0.4, 0.5) is 0 Å². The van der Waals surface area contributed by atoms with E-state index in [1.54, 1.807) is 0 Å². The summed E-state index contributed by atoms with van der Waals surface area (Å²) < 4.78 is 0. The van der Waals surface area contributed by atoms with E-state index < -0.39 is 0 Å². The Bertz CT molecular complexity index is 58.6. The number of aliphatic hydroxyl groups is 1. The van der Waals surface area contributed by atoms with Crippen molar-refractivity contribution < 1.29 is 9.90 Å². The van der Waals surface area contributed by atoms with Gasteiger partial charge in [-0.3, -0.25) is 0 Å². The molecule has 0 atom stereocenters. The van der Waals surface area contributed by atoms with Gasteiger partial charge in [-0.2, -0.15) is 0 Å². The number of aliphatic hydroxyl groups excluding tert-OH is 1. The molecule has 10 heavy (non-hydrogen) atoms. The first-order chi connectivity index (χ1) is 4.15. The Morgan fingerprint density at radius 1 is 1.40 bits per heavy atom. The topological polar surface area (TPSA) is 72.3 Å². The first kappa shape index (κ1) is 16.3. The number of hydrogen-bond donors (Lipinski definition) is 2. The quantitative estimate of drug-likeness (QED) is 0.625. The number of hydrogen-bond acceptors (Lipinski definition) is 3. The summed E-state index contributed by atoms with van der Waals surface area (Å²) in [5, 5.41) is 8.07. The number of carbonyl (C=O) groups excluding carboxylic acids is 1. The van der Waals surface area contributed by atoms with Gasteiger partial charge in [-0.15, -0.1) is 0 Å². The van der Waals surface area contributed by atoms with Crippen molar-refractivity contribution in [3.8, 4) is 0 Å². The van der Waals surface area contributed by atoms with Crippen molar-refractivity contribution in [3.63, 3.8) is 0 Å². The van der Waals surface area contributed by atoms with Gasteiger partial charge in [0.25, 0.3) is 0 Å². The molecule has 0 rings (SSSR count). The molecule has 0 unspecified atom stereocenters. The van der Waals surface area contributed by atoms with E-state index in [-0.39, 0.29) is 11.9 Å². The summed E-state index contributed by atoms with van der Waals surface area (Å²) in [7, 11) is 0. The number of carbonyl (C=O) groups is 1. The van der Waals surface area contributed by atoms with Gasteiger partial charge in [-0.1, -0.05) is 13.3 Å². The van der Waals surface area contributed by atoms with E-state index in [4.69, 9.17) is 5.11 Å². The van der Waals surface area contributed by atoms with Crippen molar-refractivity contribution >= 4 is 5.78 Å². The molecule has 3 heteroatoms. The minimum atomic E-state index is 0. The molecule has 0 saturated heterocycles. The molecule has 0 aliphatic carbocycles. The lowest BCUT2D eigenvalue weighted by molar-refractivity contribution is -0.114. The van der Waals surface area contributed by atoms with Crippen LogP contribution in [0.2, 0.25) is 0 Å². The van der Waals surface area contributed by atoms with Crippen LogP contribution in [0.15, 0.2) is 0 Å². The van der Waals surface area contributed by atoms with Crippen LogP contribution >= 0.6 is 0 Å². The average molecular weight is 149 g/mol. The maximum absolute atomic E-state index is 9.44. The minimum absolute atomic E-state index is 0. The molecule has 0 aliphatic heterocycles. The molecule has 0 spiro atoms. The third-order valence-corrected chi connectivity index (χ3v) is 0.512. The fraction of sp³-hybridized carbons (Fsp3) is 0.857. The van der Waals surface area contributed by atoms with Crippen LogP contribution in [0, 0.1) is 0 Å². The number of rotatable bonds is 2. The Labute approximate surface area is 63.0 Å². The van der Waals surface area contributed by atoms with Gasteiger partial charge in [-0.05, 0) is 20.3 Å². The van der Waals surface area contributed by atoms with Crippen molar-refractivity contribution in [2.45, 2.75) is 33.6 Å². The zero-order chi connectivity index (χ0) is 7.70. The fourth-order valence-corrected chi connectivity index (χ4v) is 0.158. The third kappa shape index (κ3) is 130. The molecule has 0 bridgehead atoms. The molecule has 0 aliphatic rings. The normalized spacial score (nSPS) is 6.80. The first-order valence-corrected chi connectivity index (χ1v) is 3.23. The lowest BCUT2D eigenvalue weighted by atomic mass is 10.4. The molecular weight excluding hydrogens is 130 g/mol. The fourth-order valence-electron chi connectivity index (χ4n) is 0.158. The van der Waals surface area contributed by atoms with Crippen molar-refractivity contribution in [1.82, 2.24) is 6.15 Å². The lowest BCUT2D eigenvalue weighted by Gasteiger charge is -1.79. The molecule has 0 aromatic heterocycles. The van der Waals surface area contributed by atoms with Crippen LogP contribution in [0.25, 0.3) is 0 Å². The monoisotopic (exact) mass is 149 g/mol. The predicted molar refractivity (Wildman–Crippen MR) is 43.4 cm³/mol. The average Bonchev–Trinajstić information content (AvgIpc) is 1.66. The predicted octanol–water partition coefficient (Wildman–Crippen LogP) is 1.54. The molecule has 0 aromatic rings. The van der Waals surface area contributed by atoms with Crippen LogP contribution in [-0.2, 0) is 4.79 Å². The van der Waals surface area contributed by atoms with Crippen molar-refractivity contribution in [2.24, 2.45) is 0 Å². The summed E-state index contributed by atoms with van der Waals surface area (Å²) in [5.41, 5.74) is 0. The lowest BCUT2D eigenvalue weighted by Crippen LogP contribution is -1.75. The van der Waals surface area contributed by atoms with Gasteiger partial charge in [0, 0.05) is 6.61 Å². The zero-order valence-electron chi connectivity index (χ0n) is 7.18. The Kier molecular flexibility index (Phi) is 25.8. The minimum Gasteiger partial charge on any atom is -0.396 e. The van der Waals surface area contributed by atoms with Gasteiger partial charge < -0.3 is 16.1 Å². The molecule has 3 nitrogen and oxygen atoms in total. The van der Waals surface area contributed by atoms with Gasteiger partial charge in [-0.25, -0.2) is 0 Å². The molecule has 0 saturated carbocycles. The number of Topliss-reactive ketones (excluding diaryl/α,β-unsaturated/α-hetero) is 1. The number of unbranched alkanes of at least 4 members (excludes halogenated alkanes) is 1. The highest BCUT2D eigenvalue weighted by Gasteiger charge is 1.69. The number of ketones is 1. The largest absolute Gasteiger partial charge is 0.396 e. The molecule has 0 fully saturated rings. The van der Waals surface area contributed by atoms with Crippen molar-refractivity contribution in [1.29, 1.82) is 0 Å². The highest BCUT2D eigenvalue weighted by molar-refractivity contribution is 5.72. The van der Waals surface area contributed by atoms with Gasteiger partial charge in [0.15, 0.2) is 0 Å². The second-order valence-corrected chi connectivity index (χ2v) is 1.99. The SMILES string of the molecule is CC(C)=O.CCCCO.N. The smallest absolute Gasteiger partial charge is 0.126 e. The van der Waals surface area contributed by atoms with Crippen LogP contribution in [0.3, 0.4) is 0 Å². The van der Waals surface area contributed by atoms with Crippen molar-refractivity contribution in [3.05, 3.63) is 0 Å². The van der Waals surface area contributed by atoms with Crippen LogP contribution in [-0.4, -0.2) is 17.5 Å². The molecule has 0 amide bonds. The van der Waals surface area contributed by atoms with Crippen LogP contribution in [0.1, 0.15) is 33.6 Å². The Balaban J connectivity index is -0.0000000910. The second-order valence-electron chi connectivity index (χ2n) is 1.99. The molecule has 0 heterocycles. The maximum atomic E-state index is 9.44. The molecule has 64 valence electrons. The van der Waals surface area contributed by atoms with Gasteiger partial charge in [0.05, 0.1) is 0 Å². The summed E-state index contributed by atoms with van der Waals surface area (Å²) in [6, 6.07) is 0. The first-order valence-electron chi connectivity index (χ1n) is 3.23. The van der Waals surface area contributed by atoms with Gasteiger partial charge in [0.1, 0.15) is 5.78 Å². The highest BCUT2D eigenvalue weighted by atomic mass is 16.2. The summed E-state index contributed by atoms with van der Waals surface area (Å²) in [5.74, 6) is 0.167. The van der Waals surface area contributed by atoms with Gasteiger partial charge in [0.2, 0.25) is 0 Å². The zero-order valence-corrected chi connectivity index (χ0v) is 7.18. The summed E-state index contributed by atoms with van der Waals surface area (Å²) in [6.45, 7) is 5.45. The molecular formula is C7H19NO2. The van der Waals surface area contributed by atoms with Gasteiger partial charge >= 0.3 is 0 Å². The molecule has 0 aromatic carbocycles. The second kappa shape index (κ2) is 15.8. The van der Waals surface area contributed by atoms with E-state index in [9.17, 15) is 4.79 Å². The van der Waals surface area contributed by atoms with E-state index in [1.165, 1.54) is 13.8 Å². The Morgan fingerprint density at radius 3 is 1.70 bits per heavy atom. The molecule has 0 radical (unpaired) electrons. The van der Waals surface area contributed by atoms with E-state index in [0.29, 0.717) is 6.61 Å². The molecule has 4 N–H and O–H groups in total. The van der Waals surface area contributed by atoms with Crippen molar-refractivity contribution in [2.75, 3.05) is 6.61 Å². The van der Waals surface area contributed by atoms with E-state index in [2.05, 4.69) is 6.92 Å². The maximum Gasteiger partial charge on any atom is 0.126 e.